The third-order valence-electron chi connectivity index (χ3n) is 3.20. The largest absolute Gasteiger partial charge is 0.467 e. The minimum Gasteiger partial charge on any atom is -0.467 e. The average Bonchev–Trinajstić information content (AvgIpc) is 2.31. The van der Waals surface area contributed by atoms with Crippen LogP contribution in [0.15, 0.2) is 0 Å². The maximum Gasteiger partial charge on any atom is 0.335 e. The molecule has 0 aliphatic carbocycles. The summed E-state index contributed by atoms with van der Waals surface area (Å²) in [5.41, 5.74) is 0. The van der Waals surface area contributed by atoms with Gasteiger partial charge in [-0.2, -0.15) is 0 Å². The Morgan fingerprint density at radius 2 is 2.00 bits per heavy atom. The van der Waals surface area contributed by atoms with Crippen LogP contribution in [0.25, 0.3) is 0 Å². The molecule has 1 rings (SSSR count). The molecule has 0 saturated carbocycles. The Kier molecular flexibility index (Phi) is 6.09. The number of ether oxygens (including phenoxy) is 3. The van der Waals surface area contributed by atoms with Crippen molar-refractivity contribution in [3.8, 4) is 0 Å². The molecule has 4 heteroatoms. The van der Waals surface area contributed by atoms with Crippen LogP contribution in [0.3, 0.4) is 0 Å². The highest BCUT2D eigenvalue weighted by Crippen LogP contribution is 2.29. The van der Waals surface area contributed by atoms with E-state index in [1.807, 2.05) is 13.8 Å². The molecule has 4 nitrogen and oxygen atoms in total. The molecule has 0 aromatic heterocycles. The number of hydrogen-bond acceptors (Lipinski definition) is 4. The second-order valence-corrected chi connectivity index (χ2v) is 5.35. The first kappa shape index (κ1) is 15.4. The molecule has 1 aliphatic heterocycles. The highest BCUT2D eigenvalue weighted by atomic mass is 16.7. The van der Waals surface area contributed by atoms with Gasteiger partial charge in [-0.25, -0.2) is 4.79 Å². The van der Waals surface area contributed by atoms with Gasteiger partial charge in [0.2, 0.25) is 0 Å². The number of unbranched alkanes of at least 4 members (excludes halogenated alkanes) is 3. The summed E-state index contributed by atoms with van der Waals surface area (Å²) in [6, 6.07) is 0. The molecule has 1 aliphatic rings. The molecule has 0 spiro atoms. The van der Waals surface area contributed by atoms with Crippen molar-refractivity contribution in [3.63, 3.8) is 0 Å². The lowest BCUT2D eigenvalue weighted by Gasteiger charge is -2.39. The van der Waals surface area contributed by atoms with Gasteiger partial charge < -0.3 is 14.2 Å². The predicted octanol–water partition coefficient (Wildman–Crippen LogP) is 3.04. The van der Waals surface area contributed by atoms with Gasteiger partial charge in [-0.15, -0.1) is 0 Å². The summed E-state index contributed by atoms with van der Waals surface area (Å²) in [4.78, 5) is 11.6. The van der Waals surface area contributed by atoms with Crippen molar-refractivity contribution in [2.24, 2.45) is 0 Å². The topological polar surface area (TPSA) is 44.8 Å². The van der Waals surface area contributed by atoms with Gasteiger partial charge in [0.05, 0.1) is 13.2 Å². The number of rotatable bonds is 6. The Morgan fingerprint density at radius 3 is 2.61 bits per heavy atom. The van der Waals surface area contributed by atoms with E-state index >= 15 is 0 Å². The number of carbonyl (C=O) groups is 1. The maximum atomic E-state index is 11.6. The molecule has 0 amide bonds. The van der Waals surface area contributed by atoms with Gasteiger partial charge in [-0.05, 0) is 20.3 Å². The van der Waals surface area contributed by atoms with Gasteiger partial charge >= 0.3 is 5.97 Å². The van der Waals surface area contributed by atoms with E-state index in [-0.39, 0.29) is 12.1 Å². The fraction of sp³-hybridized carbons (Fsp3) is 0.929. The van der Waals surface area contributed by atoms with Gasteiger partial charge in [0, 0.05) is 6.42 Å². The SMILES string of the molecule is CCCCCC[C@H]1C[C@H](C(=O)OC)OC(C)(C)O1. The van der Waals surface area contributed by atoms with Crippen molar-refractivity contribution in [3.05, 3.63) is 0 Å². The molecule has 0 unspecified atom stereocenters. The van der Waals surface area contributed by atoms with Crippen molar-refractivity contribution in [1.29, 1.82) is 0 Å². The van der Waals surface area contributed by atoms with E-state index in [0.29, 0.717) is 6.42 Å². The summed E-state index contributed by atoms with van der Waals surface area (Å²) in [6.45, 7) is 5.89. The number of carbonyl (C=O) groups excluding carboxylic acids is 1. The third-order valence-corrected chi connectivity index (χ3v) is 3.20. The normalized spacial score (nSPS) is 26.9. The summed E-state index contributed by atoms with van der Waals surface area (Å²) >= 11 is 0. The summed E-state index contributed by atoms with van der Waals surface area (Å²) < 4.78 is 16.2. The zero-order valence-electron chi connectivity index (χ0n) is 12.0. The quantitative estimate of drug-likeness (QED) is 0.542. The van der Waals surface area contributed by atoms with E-state index in [9.17, 15) is 4.79 Å². The summed E-state index contributed by atoms with van der Waals surface area (Å²) in [5, 5.41) is 0. The van der Waals surface area contributed by atoms with Crippen molar-refractivity contribution in [2.75, 3.05) is 7.11 Å². The Balaban J connectivity index is 2.45. The zero-order chi connectivity index (χ0) is 13.6. The van der Waals surface area contributed by atoms with Crippen molar-refractivity contribution in [1.82, 2.24) is 0 Å². The van der Waals surface area contributed by atoms with Crippen LogP contribution >= 0.6 is 0 Å². The van der Waals surface area contributed by atoms with Crippen molar-refractivity contribution in [2.45, 2.75) is 77.3 Å². The lowest BCUT2D eigenvalue weighted by molar-refractivity contribution is -0.298. The van der Waals surface area contributed by atoms with E-state index in [2.05, 4.69) is 6.92 Å². The fourth-order valence-corrected chi connectivity index (χ4v) is 2.36. The number of hydrogen-bond donors (Lipinski definition) is 0. The van der Waals surface area contributed by atoms with Crippen molar-refractivity contribution >= 4 is 5.97 Å². The fourth-order valence-electron chi connectivity index (χ4n) is 2.36. The van der Waals surface area contributed by atoms with Gasteiger partial charge in [0.1, 0.15) is 0 Å². The minimum absolute atomic E-state index is 0.0923. The molecule has 0 bridgehead atoms. The summed E-state index contributed by atoms with van der Waals surface area (Å²) in [6.07, 6.45) is 6.04. The molecule has 0 radical (unpaired) electrons. The zero-order valence-corrected chi connectivity index (χ0v) is 12.0. The van der Waals surface area contributed by atoms with Crippen LogP contribution in [0.2, 0.25) is 0 Å². The first-order valence-electron chi connectivity index (χ1n) is 6.92. The number of methoxy groups -OCH3 is 1. The standard InChI is InChI=1S/C14H26O4/c1-5-6-7-8-9-11-10-12(13(15)16-4)18-14(2,3)17-11/h11-12H,5-10H2,1-4H3/t11-,12+/m0/s1. The van der Waals surface area contributed by atoms with Crippen LogP contribution in [0, 0.1) is 0 Å². The third kappa shape index (κ3) is 4.94. The minimum atomic E-state index is -0.702. The van der Waals surface area contributed by atoms with Crippen LogP contribution in [0.1, 0.15) is 59.3 Å². The Bertz CT molecular complexity index is 263. The van der Waals surface area contributed by atoms with E-state index in [1.165, 1.54) is 26.4 Å². The van der Waals surface area contributed by atoms with Crippen molar-refractivity contribution < 1.29 is 19.0 Å². The van der Waals surface area contributed by atoms with Gasteiger partial charge in [-0.3, -0.25) is 0 Å². The van der Waals surface area contributed by atoms with E-state index in [1.54, 1.807) is 0 Å². The first-order chi connectivity index (χ1) is 8.48. The van der Waals surface area contributed by atoms with Gasteiger partial charge in [0.15, 0.2) is 11.9 Å². The molecular weight excluding hydrogens is 232 g/mol. The first-order valence-corrected chi connectivity index (χ1v) is 6.92. The molecule has 106 valence electrons. The van der Waals surface area contributed by atoms with Gasteiger partial charge in [-0.1, -0.05) is 32.6 Å². The summed E-state index contributed by atoms with van der Waals surface area (Å²) in [7, 11) is 1.39. The molecule has 0 aromatic carbocycles. The molecular formula is C14H26O4. The van der Waals surface area contributed by atoms with E-state index < -0.39 is 11.9 Å². The molecule has 0 aromatic rings. The molecule has 1 fully saturated rings. The average molecular weight is 258 g/mol. The van der Waals surface area contributed by atoms with Crippen LogP contribution < -0.4 is 0 Å². The molecule has 0 N–H and O–H groups in total. The maximum absolute atomic E-state index is 11.6. The highest BCUT2D eigenvalue weighted by molar-refractivity contribution is 5.74. The monoisotopic (exact) mass is 258 g/mol. The smallest absolute Gasteiger partial charge is 0.335 e. The molecule has 2 atom stereocenters. The highest BCUT2D eigenvalue weighted by Gasteiger charge is 2.39. The second-order valence-electron chi connectivity index (χ2n) is 5.35. The Hall–Kier alpha value is -0.610. The van der Waals surface area contributed by atoms with Crippen LogP contribution in [0.5, 0.6) is 0 Å². The lowest BCUT2D eigenvalue weighted by atomic mass is 10.0. The van der Waals surface area contributed by atoms with Gasteiger partial charge in [0.25, 0.3) is 0 Å². The number of esters is 1. The molecule has 1 heterocycles. The van der Waals surface area contributed by atoms with Crippen LogP contribution in [0.4, 0.5) is 0 Å². The van der Waals surface area contributed by atoms with Crippen LogP contribution in [-0.2, 0) is 19.0 Å². The molecule has 1 saturated heterocycles. The Morgan fingerprint density at radius 1 is 1.28 bits per heavy atom. The Labute approximate surface area is 110 Å². The molecule has 18 heavy (non-hydrogen) atoms. The summed E-state index contributed by atoms with van der Waals surface area (Å²) in [5.74, 6) is -1.00. The van der Waals surface area contributed by atoms with E-state index in [4.69, 9.17) is 14.2 Å². The predicted molar refractivity (Wildman–Crippen MR) is 69.2 cm³/mol. The second kappa shape index (κ2) is 7.10. The van der Waals surface area contributed by atoms with Crippen LogP contribution in [-0.4, -0.2) is 31.1 Å². The lowest BCUT2D eigenvalue weighted by Crippen LogP contribution is -2.47. The van der Waals surface area contributed by atoms with E-state index in [0.717, 1.165) is 12.8 Å².